The van der Waals surface area contributed by atoms with E-state index in [1.165, 1.54) is 24.3 Å². The Labute approximate surface area is 175 Å². The van der Waals surface area contributed by atoms with Crippen molar-refractivity contribution in [2.45, 2.75) is 0 Å². The Kier molecular flexibility index (Phi) is 4.92. The fourth-order valence-electron chi connectivity index (χ4n) is 3.40. The van der Waals surface area contributed by atoms with E-state index < -0.39 is 36.3 Å². The van der Waals surface area contributed by atoms with Crippen molar-refractivity contribution in [3.05, 3.63) is 77.4 Å². The molecule has 5 amide bonds. The Bertz CT molecular complexity index is 1220. The molecule has 0 spiro atoms. The predicted molar refractivity (Wildman–Crippen MR) is 110 cm³/mol. The van der Waals surface area contributed by atoms with E-state index in [1.54, 1.807) is 29.6 Å². The lowest BCUT2D eigenvalue weighted by atomic mass is 9.94. The molecule has 3 aromatic carbocycles. The third-order valence-corrected chi connectivity index (χ3v) is 4.73. The van der Waals surface area contributed by atoms with Crippen LogP contribution < -0.4 is 16.0 Å². The highest BCUT2D eigenvalue weighted by molar-refractivity contribution is 6.35. The van der Waals surface area contributed by atoms with Gasteiger partial charge < -0.3 is 10.5 Å². The number of anilines is 1. The summed E-state index contributed by atoms with van der Waals surface area (Å²) in [6, 6.07) is 15.0. The van der Waals surface area contributed by atoms with Crippen molar-refractivity contribution in [1.29, 1.82) is 0 Å². The van der Waals surface area contributed by atoms with Crippen LogP contribution in [0, 0.1) is 0 Å². The van der Waals surface area contributed by atoms with Crippen LogP contribution >= 0.6 is 0 Å². The monoisotopic (exact) mass is 417 g/mol. The number of primary amides is 1. The van der Waals surface area contributed by atoms with Crippen LogP contribution in [0.5, 0.6) is 0 Å². The number of urea groups is 1. The number of carbonyl (C=O) groups is 5. The number of imide groups is 2. The molecule has 0 radical (unpaired) electrons. The zero-order valence-corrected chi connectivity index (χ0v) is 16.0. The highest BCUT2D eigenvalue weighted by atomic mass is 16.5. The van der Waals surface area contributed by atoms with E-state index >= 15 is 0 Å². The summed E-state index contributed by atoms with van der Waals surface area (Å²) in [5.41, 5.74) is 6.01. The number of carbonyl (C=O) groups excluding carboxylic acids is 5. The number of amides is 5. The molecular weight excluding hydrogens is 402 g/mol. The maximum Gasteiger partial charge on any atom is 0.338 e. The minimum absolute atomic E-state index is 0.0926. The van der Waals surface area contributed by atoms with Crippen molar-refractivity contribution in [3.63, 3.8) is 0 Å². The topological polar surface area (TPSA) is 136 Å². The van der Waals surface area contributed by atoms with Gasteiger partial charge in [0, 0.05) is 16.5 Å². The summed E-state index contributed by atoms with van der Waals surface area (Å²) in [7, 11) is 0. The molecule has 0 aliphatic carbocycles. The first-order valence-electron chi connectivity index (χ1n) is 9.14. The first-order valence-corrected chi connectivity index (χ1v) is 9.14. The third kappa shape index (κ3) is 3.60. The number of ether oxygens (including phenoxy) is 1. The van der Waals surface area contributed by atoms with Gasteiger partial charge in [0.25, 0.3) is 17.7 Å². The zero-order chi connectivity index (χ0) is 22.1. The van der Waals surface area contributed by atoms with Gasteiger partial charge in [-0.1, -0.05) is 24.3 Å². The Morgan fingerprint density at radius 2 is 1.45 bits per heavy atom. The molecule has 154 valence electrons. The molecule has 0 bridgehead atoms. The molecule has 1 heterocycles. The Morgan fingerprint density at radius 3 is 2.00 bits per heavy atom. The zero-order valence-electron chi connectivity index (χ0n) is 16.0. The summed E-state index contributed by atoms with van der Waals surface area (Å²) < 4.78 is 4.80. The Morgan fingerprint density at radius 1 is 0.871 bits per heavy atom. The molecule has 0 unspecified atom stereocenters. The Balaban J connectivity index is 1.56. The molecular formula is C22H15N3O6. The van der Waals surface area contributed by atoms with E-state index in [4.69, 9.17) is 10.5 Å². The highest BCUT2D eigenvalue weighted by Gasteiger charge is 2.33. The van der Waals surface area contributed by atoms with Gasteiger partial charge in [-0.2, -0.15) is 0 Å². The van der Waals surface area contributed by atoms with E-state index in [0.29, 0.717) is 16.5 Å². The highest BCUT2D eigenvalue weighted by Crippen LogP contribution is 2.32. The lowest BCUT2D eigenvalue weighted by Crippen LogP contribution is -2.40. The average Bonchev–Trinajstić information content (AvgIpc) is 2.76. The van der Waals surface area contributed by atoms with Gasteiger partial charge >= 0.3 is 12.0 Å². The summed E-state index contributed by atoms with van der Waals surface area (Å²) in [6.45, 7) is -0.687. The summed E-state index contributed by atoms with van der Waals surface area (Å²) in [6.07, 6.45) is 0. The molecule has 1 aliphatic heterocycles. The normalized spacial score (nSPS) is 12.6. The second-order valence-electron chi connectivity index (χ2n) is 6.69. The van der Waals surface area contributed by atoms with Crippen LogP contribution in [0.4, 0.5) is 10.5 Å². The van der Waals surface area contributed by atoms with E-state index in [2.05, 4.69) is 0 Å². The Hall–Kier alpha value is -4.53. The number of nitrogens with one attached hydrogen (secondary N) is 1. The van der Waals surface area contributed by atoms with Crippen molar-refractivity contribution in [2.24, 2.45) is 5.73 Å². The molecule has 3 aromatic rings. The first kappa shape index (κ1) is 19.8. The first-order chi connectivity index (χ1) is 14.9. The second kappa shape index (κ2) is 7.71. The molecule has 0 saturated heterocycles. The van der Waals surface area contributed by atoms with Crippen LogP contribution in [0.3, 0.4) is 0 Å². The van der Waals surface area contributed by atoms with Gasteiger partial charge in [-0.15, -0.1) is 0 Å². The fraction of sp³-hybridized carbons (Fsp3) is 0.0455. The van der Waals surface area contributed by atoms with Gasteiger partial charge in [0.05, 0.1) is 11.3 Å². The fourth-order valence-corrected chi connectivity index (χ4v) is 3.40. The number of esters is 1. The summed E-state index contributed by atoms with van der Waals surface area (Å²) in [5, 5.41) is 3.19. The minimum Gasteiger partial charge on any atom is -0.452 e. The average molecular weight is 417 g/mol. The molecule has 0 atom stereocenters. The predicted octanol–water partition coefficient (Wildman–Crippen LogP) is 1.99. The number of nitrogens with two attached hydrogens (primary N) is 1. The van der Waals surface area contributed by atoms with Crippen molar-refractivity contribution < 1.29 is 28.7 Å². The van der Waals surface area contributed by atoms with Crippen LogP contribution in [-0.2, 0) is 9.53 Å². The van der Waals surface area contributed by atoms with Crippen molar-refractivity contribution in [2.75, 3.05) is 11.5 Å². The van der Waals surface area contributed by atoms with Gasteiger partial charge in [-0.25, -0.2) is 14.5 Å². The molecule has 9 heteroatoms. The molecule has 3 N–H and O–H groups in total. The van der Waals surface area contributed by atoms with Gasteiger partial charge in [0.1, 0.15) is 0 Å². The largest absolute Gasteiger partial charge is 0.452 e. The van der Waals surface area contributed by atoms with Crippen molar-refractivity contribution >= 4 is 46.2 Å². The van der Waals surface area contributed by atoms with Gasteiger partial charge in [0.2, 0.25) is 0 Å². The molecule has 1 aliphatic rings. The summed E-state index contributed by atoms with van der Waals surface area (Å²) in [5.74, 6) is -2.62. The number of benzene rings is 3. The number of hydrogen-bond acceptors (Lipinski definition) is 6. The van der Waals surface area contributed by atoms with Crippen LogP contribution in [-0.4, -0.2) is 36.3 Å². The van der Waals surface area contributed by atoms with E-state index in [0.717, 1.165) is 10.3 Å². The van der Waals surface area contributed by atoms with E-state index in [1.807, 2.05) is 12.1 Å². The number of rotatable bonds is 4. The van der Waals surface area contributed by atoms with Crippen molar-refractivity contribution in [3.8, 4) is 0 Å². The number of nitrogens with zero attached hydrogens (tertiary/aromatic N) is 1. The quantitative estimate of drug-likeness (QED) is 0.492. The lowest BCUT2D eigenvalue weighted by Gasteiger charge is -2.27. The number of hydrogen-bond donors (Lipinski definition) is 2. The third-order valence-electron chi connectivity index (χ3n) is 4.73. The summed E-state index contributed by atoms with van der Waals surface area (Å²) in [4.78, 5) is 61.1. The van der Waals surface area contributed by atoms with Crippen LogP contribution in [0.25, 0.3) is 10.8 Å². The molecule has 4 rings (SSSR count). The van der Waals surface area contributed by atoms with Gasteiger partial charge in [-0.3, -0.25) is 19.7 Å². The van der Waals surface area contributed by atoms with Crippen LogP contribution in [0.15, 0.2) is 60.7 Å². The van der Waals surface area contributed by atoms with Crippen molar-refractivity contribution in [1.82, 2.24) is 5.32 Å². The standard InChI is InChI=1S/C22H15N3O6/c23-22(30)24-17(26)11-31-21(29)13-7-9-14(10-8-13)25-19(27)15-5-1-3-12-4-2-6-16(18(12)15)20(25)28/h1-10H,11H2,(H3,23,24,26,30). The SMILES string of the molecule is NC(=O)NC(=O)COC(=O)c1ccc(N2C(=O)c3cccc4cccc(c34)C2=O)cc1. The van der Waals surface area contributed by atoms with Gasteiger partial charge in [0.15, 0.2) is 6.61 Å². The lowest BCUT2D eigenvalue weighted by molar-refractivity contribution is -0.123. The molecule has 0 fully saturated rings. The maximum absolute atomic E-state index is 13.0. The van der Waals surface area contributed by atoms with Crippen LogP contribution in [0.2, 0.25) is 0 Å². The van der Waals surface area contributed by atoms with Gasteiger partial charge in [-0.05, 0) is 41.8 Å². The molecule has 0 saturated carbocycles. The molecule has 31 heavy (non-hydrogen) atoms. The second-order valence-corrected chi connectivity index (χ2v) is 6.69. The van der Waals surface area contributed by atoms with E-state index in [9.17, 15) is 24.0 Å². The molecule has 9 nitrogen and oxygen atoms in total. The van der Waals surface area contributed by atoms with Crippen LogP contribution in [0.1, 0.15) is 31.1 Å². The smallest absolute Gasteiger partial charge is 0.338 e. The maximum atomic E-state index is 13.0. The van der Waals surface area contributed by atoms with E-state index in [-0.39, 0.29) is 11.3 Å². The minimum atomic E-state index is -1.06. The summed E-state index contributed by atoms with van der Waals surface area (Å²) >= 11 is 0. The molecule has 0 aromatic heterocycles.